The maximum atomic E-state index is 13.1. The van der Waals surface area contributed by atoms with Crippen LogP contribution >= 0.6 is 0 Å². The van der Waals surface area contributed by atoms with Crippen molar-refractivity contribution in [2.45, 2.75) is 31.9 Å². The smallest absolute Gasteiger partial charge is 0.356 e. The van der Waals surface area contributed by atoms with Gasteiger partial charge in [-0.1, -0.05) is 0 Å². The minimum absolute atomic E-state index is 0.0490. The van der Waals surface area contributed by atoms with Gasteiger partial charge in [-0.15, -0.1) is 15.3 Å². The number of hydrogen-bond donors (Lipinski definition) is 1. The lowest BCUT2D eigenvalue weighted by molar-refractivity contribution is -0.146. The maximum absolute atomic E-state index is 13.1. The molecule has 4 heterocycles. The molecule has 0 radical (unpaired) electrons. The molecule has 2 saturated heterocycles. The number of rotatable bonds is 7. The Labute approximate surface area is 190 Å². The summed E-state index contributed by atoms with van der Waals surface area (Å²) in [6.45, 7) is 7.31. The monoisotopic (exact) mass is 468 g/mol. The minimum Gasteiger partial charge on any atom is -0.356 e. The number of piperidine rings is 1. The average Bonchev–Trinajstić information content (AvgIpc) is 3.24. The summed E-state index contributed by atoms with van der Waals surface area (Å²) in [4.78, 5) is 19.2. The first-order valence-corrected chi connectivity index (χ1v) is 11.5. The standard InChI is InChI=1S/C21H31F3N8O/c1-29-12-14-30(15-13-29)9-3-2-8-25-19(33)16-6-10-31(11-7-16)18-5-4-17-26-27-20(21(22,23)24)32(17)28-18/h4-5,16H,2-3,6-15H2,1H3,(H,25,33). The van der Waals surface area contributed by atoms with Crippen LogP contribution in [0.5, 0.6) is 0 Å². The fourth-order valence-corrected chi connectivity index (χ4v) is 4.38. The van der Waals surface area contributed by atoms with Crippen molar-refractivity contribution < 1.29 is 18.0 Å². The molecule has 0 unspecified atom stereocenters. The van der Waals surface area contributed by atoms with Gasteiger partial charge in [-0.3, -0.25) is 4.79 Å². The highest BCUT2D eigenvalue weighted by atomic mass is 19.4. The number of halogens is 3. The summed E-state index contributed by atoms with van der Waals surface area (Å²) in [5.41, 5.74) is 0.0490. The normalized spacial score (nSPS) is 19.3. The van der Waals surface area contributed by atoms with Gasteiger partial charge in [0, 0.05) is 51.7 Å². The van der Waals surface area contributed by atoms with Crippen molar-refractivity contribution in [2.24, 2.45) is 5.92 Å². The number of aromatic nitrogens is 4. The van der Waals surface area contributed by atoms with Crippen molar-refractivity contribution in [2.75, 3.05) is 64.3 Å². The average molecular weight is 469 g/mol. The minimum atomic E-state index is -4.62. The molecule has 0 saturated carbocycles. The molecule has 1 amide bonds. The van der Waals surface area contributed by atoms with Gasteiger partial charge in [0.05, 0.1) is 0 Å². The van der Waals surface area contributed by atoms with Crippen molar-refractivity contribution in [3.8, 4) is 0 Å². The largest absolute Gasteiger partial charge is 0.453 e. The third-order valence-corrected chi connectivity index (χ3v) is 6.49. The summed E-state index contributed by atoms with van der Waals surface area (Å²) < 4.78 is 40.0. The molecule has 2 aliphatic heterocycles. The zero-order valence-electron chi connectivity index (χ0n) is 18.9. The van der Waals surface area contributed by atoms with Crippen LogP contribution in [-0.4, -0.2) is 94.9 Å². The van der Waals surface area contributed by atoms with Crippen LogP contribution in [0.25, 0.3) is 5.65 Å². The van der Waals surface area contributed by atoms with Gasteiger partial charge in [0.15, 0.2) is 5.65 Å². The van der Waals surface area contributed by atoms with Gasteiger partial charge >= 0.3 is 6.18 Å². The lowest BCUT2D eigenvalue weighted by Gasteiger charge is -2.32. The van der Waals surface area contributed by atoms with E-state index >= 15 is 0 Å². The Morgan fingerprint density at radius 3 is 2.48 bits per heavy atom. The summed E-state index contributed by atoms with van der Waals surface area (Å²) in [5.74, 6) is -0.726. The molecule has 33 heavy (non-hydrogen) atoms. The van der Waals surface area contributed by atoms with Crippen molar-refractivity contribution in [3.63, 3.8) is 0 Å². The molecule has 0 aromatic carbocycles. The zero-order valence-corrected chi connectivity index (χ0v) is 18.9. The third-order valence-electron chi connectivity index (χ3n) is 6.49. The topological polar surface area (TPSA) is 81.9 Å². The van der Waals surface area contributed by atoms with Crippen LogP contribution in [0.3, 0.4) is 0 Å². The van der Waals surface area contributed by atoms with Gasteiger partial charge in [-0.05, 0) is 51.4 Å². The van der Waals surface area contributed by atoms with Gasteiger partial charge in [0.25, 0.3) is 5.82 Å². The fraction of sp³-hybridized carbons (Fsp3) is 0.714. The van der Waals surface area contributed by atoms with Crippen LogP contribution in [0.4, 0.5) is 19.0 Å². The van der Waals surface area contributed by atoms with Crippen LogP contribution in [0.2, 0.25) is 0 Å². The molecule has 182 valence electrons. The van der Waals surface area contributed by atoms with Crippen LogP contribution in [0.15, 0.2) is 12.1 Å². The molecule has 2 aromatic rings. The van der Waals surface area contributed by atoms with Crippen LogP contribution in [-0.2, 0) is 11.0 Å². The predicted molar refractivity (Wildman–Crippen MR) is 117 cm³/mol. The summed E-state index contributed by atoms with van der Waals surface area (Å²) in [6.07, 6.45) is -1.32. The van der Waals surface area contributed by atoms with Gasteiger partial charge < -0.3 is 20.0 Å². The highest BCUT2D eigenvalue weighted by molar-refractivity contribution is 5.78. The second kappa shape index (κ2) is 10.2. The van der Waals surface area contributed by atoms with Gasteiger partial charge in [-0.2, -0.15) is 17.7 Å². The highest BCUT2D eigenvalue weighted by Crippen LogP contribution is 2.28. The number of carbonyl (C=O) groups excluding carboxylic acids is 1. The number of piperazine rings is 1. The molecule has 1 N–H and O–H groups in total. The van der Waals surface area contributed by atoms with E-state index in [1.54, 1.807) is 6.07 Å². The van der Waals surface area contributed by atoms with E-state index in [2.05, 4.69) is 37.5 Å². The number of carbonyl (C=O) groups is 1. The quantitative estimate of drug-likeness (QED) is 0.617. The molecule has 12 heteroatoms. The van der Waals surface area contributed by atoms with Crippen LogP contribution in [0, 0.1) is 5.92 Å². The number of nitrogens with zero attached hydrogens (tertiary/aromatic N) is 7. The molecular weight excluding hydrogens is 437 g/mol. The van der Waals surface area contributed by atoms with Crippen LogP contribution < -0.4 is 10.2 Å². The van der Waals surface area contributed by atoms with Gasteiger partial charge in [-0.25, -0.2) is 0 Å². The Bertz CT molecular complexity index is 933. The second-order valence-electron chi connectivity index (χ2n) is 8.89. The molecule has 0 spiro atoms. The van der Waals surface area contributed by atoms with E-state index in [9.17, 15) is 18.0 Å². The van der Waals surface area contributed by atoms with Crippen molar-refractivity contribution in [3.05, 3.63) is 18.0 Å². The SMILES string of the molecule is CN1CCN(CCCCNC(=O)C2CCN(c3ccc4nnc(C(F)(F)F)n4n3)CC2)CC1. The van der Waals surface area contributed by atoms with E-state index in [-0.39, 0.29) is 17.5 Å². The number of amides is 1. The van der Waals surface area contributed by atoms with E-state index in [1.165, 1.54) is 6.07 Å². The number of likely N-dealkylation sites (N-methyl/N-ethyl adjacent to an activating group) is 1. The predicted octanol–water partition coefficient (Wildman–Crippen LogP) is 1.50. The first-order valence-electron chi connectivity index (χ1n) is 11.5. The molecule has 2 aromatic heterocycles. The fourth-order valence-electron chi connectivity index (χ4n) is 4.38. The molecule has 2 fully saturated rings. The van der Waals surface area contributed by atoms with E-state index in [0.717, 1.165) is 50.1 Å². The number of anilines is 1. The van der Waals surface area contributed by atoms with Crippen molar-refractivity contribution >= 4 is 17.4 Å². The Kier molecular flexibility index (Phi) is 7.32. The molecule has 0 atom stereocenters. The van der Waals surface area contributed by atoms with Crippen LogP contribution in [0.1, 0.15) is 31.5 Å². The Morgan fingerprint density at radius 1 is 1.06 bits per heavy atom. The molecule has 0 aliphatic carbocycles. The molecule has 0 bridgehead atoms. The first-order chi connectivity index (χ1) is 15.8. The third kappa shape index (κ3) is 5.91. The number of hydrogen-bond acceptors (Lipinski definition) is 7. The Morgan fingerprint density at radius 2 is 1.79 bits per heavy atom. The number of unbranched alkanes of at least 4 members (excludes halogenated alkanes) is 1. The maximum Gasteiger partial charge on any atom is 0.453 e. The highest BCUT2D eigenvalue weighted by Gasteiger charge is 2.38. The summed E-state index contributed by atoms with van der Waals surface area (Å²) in [7, 11) is 2.15. The lowest BCUT2D eigenvalue weighted by atomic mass is 9.96. The van der Waals surface area contributed by atoms with E-state index in [0.29, 0.717) is 38.3 Å². The van der Waals surface area contributed by atoms with E-state index < -0.39 is 12.0 Å². The van der Waals surface area contributed by atoms with Crippen molar-refractivity contribution in [1.29, 1.82) is 0 Å². The molecule has 9 nitrogen and oxygen atoms in total. The zero-order chi connectivity index (χ0) is 23.4. The van der Waals surface area contributed by atoms with Gasteiger partial charge in [0.2, 0.25) is 5.91 Å². The summed E-state index contributed by atoms with van der Waals surface area (Å²) in [6, 6.07) is 3.12. The second-order valence-corrected chi connectivity index (χ2v) is 8.89. The summed E-state index contributed by atoms with van der Waals surface area (Å²) >= 11 is 0. The molecular formula is C21H31F3N8O. The molecule has 2 aliphatic rings. The van der Waals surface area contributed by atoms with Crippen molar-refractivity contribution in [1.82, 2.24) is 34.9 Å². The van der Waals surface area contributed by atoms with E-state index in [1.807, 2.05) is 4.90 Å². The number of nitrogens with one attached hydrogen (secondary N) is 1. The first kappa shape index (κ1) is 23.7. The molecule has 4 rings (SSSR count). The summed E-state index contributed by atoms with van der Waals surface area (Å²) in [5, 5.41) is 13.9. The lowest BCUT2D eigenvalue weighted by Crippen LogP contribution is -2.44. The number of alkyl halides is 3. The Balaban J connectivity index is 1.20. The van der Waals surface area contributed by atoms with E-state index in [4.69, 9.17) is 0 Å². The van der Waals surface area contributed by atoms with Gasteiger partial charge in [0.1, 0.15) is 5.82 Å². The number of fused-ring (bicyclic) bond motifs is 1. The Hall–Kier alpha value is -2.47.